The molecule has 0 aromatic carbocycles. The van der Waals surface area contributed by atoms with Gasteiger partial charge in [0, 0.05) is 31.6 Å². The molecule has 1 atom stereocenters. The van der Waals surface area contributed by atoms with Crippen LogP contribution in [-0.2, 0) is 11.3 Å². The maximum atomic E-state index is 12.3. The Morgan fingerprint density at radius 1 is 1.39 bits per heavy atom. The van der Waals surface area contributed by atoms with E-state index in [9.17, 15) is 4.79 Å². The van der Waals surface area contributed by atoms with Gasteiger partial charge in [0.1, 0.15) is 0 Å². The molecule has 2 fully saturated rings. The topological polar surface area (TPSA) is 23.6 Å². The third-order valence-corrected chi connectivity index (χ3v) is 5.20. The summed E-state index contributed by atoms with van der Waals surface area (Å²) in [6.45, 7) is 4.03. The van der Waals surface area contributed by atoms with Crippen molar-refractivity contribution in [3.8, 4) is 0 Å². The van der Waals surface area contributed by atoms with Gasteiger partial charge in [0.05, 0.1) is 5.41 Å². The van der Waals surface area contributed by atoms with Crippen molar-refractivity contribution in [1.82, 2.24) is 9.80 Å². The van der Waals surface area contributed by atoms with Gasteiger partial charge in [0.25, 0.3) is 0 Å². The Bertz CT molecular complexity index is 427. The second-order valence-corrected chi connectivity index (χ2v) is 6.68. The summed E-state index contributed by atoms with van der Waals surface area (Å²) in [5, 5.41) is 2.13. The molecule has 3 rings (SSSR count). The highest BCUT2D eigenvalue weighted by Gasteiger charge is 2.47. The van der Waals surface area contributed by atoms with E-state index in [0.29, 0.717) is 5.91 Å². The van der Waals surface area contributed by atoms with Crippen LogP contribution in [0.5, 0.6) is 0 Å². The first-order valence-electron chi connectivity index (χ1n) is 6.70. The van der Waals surface area contributed by atoms with Crippen molar-refractivity contribution in [2.45, 2.75) is 25.8 Å². The maximum absolute atomic E-state index is 12.3. The molecule has 1 aromatic heterocycles. The largest absolute Gasteiger partial charge is 0.345 e. The first-order valence-corrected chi connectivity index (χ1v) is 7.58. The van der Waals surface area contributed by atoms with Gasteiger partial charge in [0.2, 0.25) is 5.91 Å². The minimum absolute atomic E-state index is 0.0652. The summed E-state index contributed by atoms with van der Waals surface area (Å²) in [6, 6.07) is 4.29. The molecule has 1 amide bonds. The summed E-state index contributed by atoms with van der Waals surface area (Å²) in [7, 11) is 1.94. The van der Waals surface area contributed by atoms with E-state index in [1.807, 2.05) is 23.3 Å². The minimum atomic E-state index is -0.0652. The Kier molecular flexibility index (Phi) is 3.16. The number of likely N-dealkylation sites (tertiary alicyclic amines) is 2. The van der Waals surface area contributed by atoms with Crippen molar-refractivity contribution < 1.29 is 4.79 Å². The highest BCUT2D eigenvalue weighted by atomic mass is 32.1. The van der Waals surface area contributed by atoms with Crippen LogP contribution in [0.3, 0.4) is 0 Å². The minimum Gasteiger partial charge on any atom is -0.345 e. The van der Waals surface area contributed by atoms with E-state index < -0.39 is 0 Å². The number of carbonyl (C=O) groups is 1. The van der Waals surface area contributed by atoms with Crippen LogP contribution in [0.2, 0.25) is 0 Å². The quantitative estimate of drug-likeness (QED) is 0.817. The molecule has 3 heterocycles. The van der Waals surface area contributed by atoms with Gasteiger partial charge in [-0.3, -0.25) is 9.69 Å². The zero-order chi connectivity index (χ0) is 12.6. The van der Waals surface area contributed by atoms with Crippen LogP contribution in [0.25, 0.3) is 0 Å². The lowest BCUT2D eigenvalue weighted by atomic mass is 9.78. The number of piperidine rings is 1. The molecule has 0 aliphatic carbocycles. The summed E-state index contributed by atoms with van der Waals surface area (Å²) in [6.07, 6.45) is 3.28. The smallest absolute Gasteiger partial charge is 0.229 e. The molecule has 3 nitrogen and oxygen atoms in total. The molecule has 4 heteroatoms. The van der Waals surface area contributed by atoms with E-state index in [1.165, 1.54) is 4.88 Å². The molecule has 1 spiro atoms. The highest BCUT2D eigenvalue weighted by molar-refractivity contribution is 7.09. The molecule has 2 aliphatic heterocycles. The Balaban J connectivity index is 1.70. The Hall–Kier alpha value is -0.870. The predicted octanol–water partition coefficient (Wildman–Crippen LogP) is 2.19. The maximum Gasteiger partial charge on any atom is 0.229 e. The fourth-order valence-corrected chi connectivity index (χ4v) is 4.10. The molecular weight excluding hydrogens is 244 g/mol. The SMILES string of the molecule is CN1CC[C@@]2(CCCN(Cc3cccs3)C2)C1=O. The van der Waals surface area contributed by atoms with Gasteiger partial charge in [-0.15, -0.1) is 11.3 Å². The standard InChI is InChI=1S/C14H20N2OS/c1-15-8-6-14(13(15)17)5-3-7-16(11-14)10-12-4-2-9-18-12/h2,4,9H,3,5-8,10-11H2,1H3/t14-/m1/s1. The number of thiophene rings is 1. The van der Waals surface area contributed by atoms with Crippen LogP contribution < -0.4 is 0 Å². The summed E-state index contributed by atoms with van der Waals surface area (Å²) >= 11 is 1.81. The fraction of sp³-hybridized carbons (Fsp3) is 0.643. The predicted molar refractivity (Wildman–Crippen MR) is 73.5 cm³/mol. The van der Waals surface area contributed by atoms with Crippen LogP contribution in [0, 0.1) is 5.41 Å². The van der Waals surface area contributed by atoms with Crippen molar-refractivity contribution in [2.24, 2.45) is 5.41 Å². The monoisotopic (exact) mass is 264 g/mol. The second kappa shape index (κ2) is 4.67. The first-order chi connectivity index (χ1) is 8.70. The zero-order valence-electron chi connectivity index (χ0n) is 10.9. The van der Waals surface area contributed by atoms with E-state index in [2.05, 4.69) is 22.4 Å². The lowest BCUT2D eigenvalue weighted by molar-refractivity contribution is -0.137. The Morgan fingerprint density at radius 2 is 2.28 bits per heavy atom. The third-order valence-electron chi connectivity index (χ3n) is 4.34. The van der Waals surface area contributed by atoms with Crippen molar-refractivity contribution in [3.05, 3.63) is 22.4 Å². The van der Waals surface area contributed by atoms with Gasteiger partial charge in [0.15, 0.2) is 0 Å². The molecule has 0 saturated carbocycles. The number of nitrogens with zero attached hydrogens (tertiary/aromatic N) is 2. The molecular formula is C14H20N2OS. The second-order valence-electron chi connectivity index (χ2n) is 5.65. The number of hydrogen-bond acceptors (Lipinski definition) is 3. The van der Waals surface area contributed by atoms with Gasteiger partial charge in [-0.2, -0.15) is 0 Å². The van der Waals surface area contributed by atoms with Gasteiger partial charge in [-0.1, -0.05) is 6.07 Å². The highest BCUT2D eigenvalue weighted by Crippen LogP contribution is 2.39. The summed E-state index contributed by atoms with van der Waals surface area (Å²) in [4.78, 5) is 18.1. The molecule has 0 bridgehead atoms. The Labute approximate surface area is 112 Å². The van der Waals surface area contributed by atoms with E-state index in [1.54, 1.807) is 0 Å². The van der Waals surface area contributed by atoms with Crippen LogP contribution in [-0.4, -0.2) is 42.4 Å². The van der Waals surface area contributed by atoms with E-state index >= 15 is 0 Å². The van der Waals surface area contributed by atoms with Gasteiger partial charge < -0.3 is 4.90 Å². The average Bonchev–Trinajstić information content (AvgIpc) is 2.96. The van der Waals surface area contributed by atoms with E-state index in [4.69, 9.17) is 0 Å². The van der Waals surface area contributed by atoms with Gasteiger partial charge in [-0.05, 0) is 37.3 Å². The molecule has 0 unspecified atom stereocenters. The van der Waals surface area contributed by atoms with E-state index in [0.717, 1.165) is 45.4 Å². The van der Waals surface area contributed by atoms with Gasteiger partial charge in [-0.25, -0.2) is 0 Å². The molecule has 0 N–H and O–H groups in total. The summed E-state index contributed by atoms with van der Waals surface area (Å²) < 4.78 is 0. The van der Waals surface area contributed by atoms with Crippen molar-refractivity contribution in [2.75, 3.05) is 26.7 Å². The zero-order valence-corrected chi connectivity index (χ0v) is 11.7. The van der Waals surface area contributed by atoms with Crippen LogP contribution in [0.1, 0.15) is 24.1 Å². The van der Waals surface area contributed by atoms with Crippen molar-refractivity contribution in [1.29, 1.82) is 0 Å². The average molecular weight is 264 g/mol. The van der Waals surface area contributed by atoms with Crippen molar-refractivity contribution >= 4 is 17.2 Å². The van der Waals surface area contributed by atoms with Crippen LogP contribution >= 0.6 is 11.3 Å². The number of rotatable bonds is 2. The molecule has 2 saturated heterocycles. The molecule has 0 radical (unpaired) electrons. The van der Waals surface area contributed by atoms with E-state index in [-0.39, 0.29) is 5.41 Å². The lowest BCUT2D eigenvalue weighted by Crippen LogP contribution is -2.46. The lowest BCUT2D eigenvalue weighted by Gasteiger charge is -2.38. The van der Waals surface area contributed by atoms with Crippen LogP contribution in [0.4, 0.5) is 0 Å². The molecule has 98 valence electrons. The van der Waals surface area contributed by atoms with Crippen molar-refractivity contribution in [3.63, 3.8) is 0 Å². The molecule has 2 aliphatic rings. The molecule has 1 aromatic rings. The summed E-state index contributed by atoms with van der Waals surface area (Å²) in [5.41, 5.74) is -0.0652. The summed E-state index contributed by atoms with van der Waals surface area (Å²) in [5.74, 6) is 0.373. The normalized spacial score (nSPS) is 29.4. The molecule has 18 heavy (non-hydrogen) atoms. The number of hydrogen-bond donors (Lipinski definition) is 0. The first kappa shape index (κ1) is 12.2. The number of carbonyl (C=O) groups excluding carboxylic acids is 1. The Morgan fingerprint density at radius 3 is 2.94 bits per heavy atom. The van der Waals surface area contributed by atoms with Gasteiger partial charge >= 0.3 is 0 Å². The third kappa shape index (κ3) is 2.08. The van der Waals surface area contributed by atoms with Crippen LogP contribution in [0.15, 0.2) is 17.5 Å². The number of amides is 1. The fourth-order valence-electron chi connectivity index (χ4n) is 3.36.